The zero-order valence-corrected chi connectivity index (χ0v) is 10.3. The molecule has 0 atom stereocenters. The minimum Gasteiger partial charge on any atom is -0.395 e. The normalized spacial score (nSPS) is 12.9. The first-order chi connectivity index (χ1) is 6.43. The first-order valence-corrected chi connectivity index (χ1v) is 5.42. The van der Waals surface area contributed by atoms with E-state index in [9.17, 15) is 0 Å². The number of rotatable bonds is 7. The maximum Gasteiger partial charge on any atom is 0.0558 e. The lowest BCUT2D eigenvalue weighted by atomic mass is 9.92. The molecule has 0 aromatic heterocycles. The minimum absolute atomic E-state index is 0.244. The molecule has 0 unspecified atom stereocenters. The first-order valence-electron chi connectivity index (χ1n) is 5.42. The van der Waals surface area contributed by atoms with Crippen LogP contribution in [0.25, 0.3) is 0 Å². The van der Waals surface area contributed by atoms with Crippen LogP contribution in [0.3, 0.4) is 0 Å². The van der Waals surface area contributed by atoms with Crippen LogP contribution in [-0.2, 0) is 0 Å². The van der Waals surface area contributed by atoms with E-state index in [0.717, 1.165) is 19.6 Å². The van der Waals surface area contributed by atoms with Gasteiger partial charge < -0.3 is 10.4 Å². The topological polar surface area (TPSA) is 35.5 Å². The Hall–Kier alpha value is -0.120. The quantitative estimate of drug-likeness (QED) is 0.645. The third-order valence-electron chi connectivity index (χ3n) is 2.40. The van der Waals surface area contributed by atoms with E-state index >= 15 is 0 Å². The summed E-state index contributed by atoms with van der Waals surface area (Å²) in [5.41, 5.74) is 0.258. The Labute approximate surface area is 88.5 Å². The van der Waals surface area contributed by atoms with Crippen LogP contribution in [0.4, 0.5) is 0 Å². The Morgan fingerprint density at radius 2 is 1.93 bits per heavy atom. The van der Waals surface area contributed by atoms with Gasteiger partial charge in [-0.3, -0.25) is 4.90 Å². The van der Waals surface area contributed by atoms with Gasteiger partial charge in [-0.2, -0.15) is 0 Å². The predicted molar refractivity (Wildman–Crippen MR) is 61.5 cm³/mol. The molecule has 0 aliphatic rings. The Bertz CT molecular complexity index is 146. The van der Waals surface area contributed by atoms with Gasteiger partial charge in [-0.1, -0.05) is 13.8 Å². The molecule has 14 heavy (non-hydrogen) atoms. The van der Waals surface area contributed by atoms with Gasteiger partial charge in [0.2, 0.25) is 0 Å². The van der Waals surface area contributed by atoms with Crippen LogP contribution in [0.1, 0.15) is 27.7 Å². The highest BCUT2D eigenvalue weighted by atomic mass is 16.3. The van der Waals surface area contributed by atoms with Crippen molar-refractivity contribution in [3.8, 4) is 0 Å². The van der Waals surface area contributed by atoms with Crippen molar-refractivity contribution in [3.05, 3.63) is 0 Å². The number of aliphatic hydroxyl groups excluding tert-OH is 1. The van der Waals surface area contributed by atoms with Crippen molar-refractivity contribution >= 4 is 0 Å². The van der Waals surface area contributed by atoms with Crippen molar-refractivity contribution in [2.45, 2.75) is 33.7 Å². The van der Waals surface area contributed by atoms with Crippen LogP contribution < -0.4 is 5.32 Å². The van der Waals surface area contributed by atoms with Crippen molar-refractivity contribution in [1.29, 1.82) is 0 Å². The molecular weight excluding hydrogens is 176 g/mol. The summed E-state index contributed by atoms with van der Waals surface area (Å²) in [5, 5.41) is 12.2. The molecular formula is C11H26N2O. The van der Waals surface area contributed by atoms with E-state index in [1.165, 1.54) is 0 Å². The molecule has 0 spiro atoms. The van der Waals surface area contributed by atoms with Gasteiger partial charge >= 0.3 is 0 Å². The first kappa shape index (κ1) is 13.9. The molecule has 3 heteroatoms. The predicted octanol–water partition coefficient (Wildman–Crippen LogP) is 0.935. The standard InChI is InChI=1S/C11H26N2O/c1-10(2)13(6-7-14)9-11(3,4)8-12-5/h10,12,14H,6-9H2,1-5H3. The van der Waals surface area contributed by atoms with E-state index in [4.69, 9.17) is 5.11 Å². The van der Waals surface area contributed by atoms with E-state index in [0.29, 0.717) is 6.04 Å². The zero-order valence-electron chi connectivity index (χ0n) is 10.3. The largest absolute Gasteiger partial charge is 0.395 e. The summed E-state index contributed by atoms with van der Waals surface area (Å²) in [5.74, 6) is 0. The van der Waals surface area contributed by atoms with Crippen LogP contribution >= 0.6 is 0 Å². The maximum atomic E-state index is 8.96. The fourth-order valence-corrected chi connectivity index (χ4v) is 1.73. The van der Waals surface area contributed by atoms with Crippen LogP contribution in [-0.4, -0.2) is 49.3 Å². The summed E-state index contributed by atoms with van der Waals surface area (Å²) >= 11 is 0. The molecule has 3 nitrogen and oxygen atoms in total. The van der Waals surface area contributed by atoms with Crippen molar-refractivity contribution in [2.75, 3.05) is 33.3 Å². The molecule has 0 aromatic rings. The molecule has 0 aliphatic heterocycles. The lowest BCUT2D eigenvalue weighted by Crippen LogP contribution is -2.43. The van der Waals surface area contributed by atoms with Crippen molar-refractivity contribution < 1.29 is 5.11 Å². The zero-order chi connectivity index (χ0) is 11.2. The molecule has 0 radical (unpaired) electrons. The summed E-state index contributed by atoms with van der Waals surface area (Å²) in [6.07, 6.45) is 0. The Morgan fingerprint density at radius 3 is 2.29 bits per heavy atom. The Morgan fingerprint density at radius 1 is 1.36 bits per heavy atom. The fraction of sp³-hybridized carbons (Fsp3) is 1.00. The van der Waals surface area contributed by atoms with Gasteiger partial charge in [-0.15, -0.1) is 0 Å². The molecule has 0 fully saturated rings. The van der Waals surface area contributed by atoms with Crippen LogP contribution in [0, 0.1) is 5.41 Å². The van der Waals surface area contributed by atoms with E-state index < -0.39 is 0 Å². The molecule has 0 saturated heterocycles. The second-order valence-electron chi connectivity index (χ2n) is 4.98. The number of nitrogens with zero attached hydrogens (tertiary/aromatic N) is 1. The van der Waals surface area contributed by atoms with Crippen molar-refractivity contribution in [1.82, 2.24) is 10.2 Å². The van der Waals surface area contributed by atoms with Gasteiger partial charge in [0.05, 0.1) is 6.61 Å². The van der Waals surface area contributed by atoms with Gasteiger partial charge in [0.15, 0.2) is 0 Å². The van der Waals surface area contributed by atoms with Crippen LogP contribution in [0.15, 0.2) is 0 Å². The highest BCUT2D eigenvalue weighted by molar-refractivity contribution is 4.77. The molecule has 0 aromatic carbocycles. The van der Waals surface area contributed by atoms with Crippen molar-refractivity contribution in [2.24, 2.45) is 5.41 Å². The highest BCUT2D eigenvalue weighted by Gasteiger charge is 2.22. The third kappa shape index (κ3) is 5.58. The molecule has 0 heterocycles. The van der Waals surface area contributed by atoms with Crippen molar-refractivity contribution in [3.63, 3.8) is 0 Å². The van der Waals surface area contributed by atoms with Crippen LogP contribution in [0.2, 0.25) is 0 Å². The Kier molecular flexibility index (Phi) is 6.33. The number of hydrogen-bond donors (Lipinski definition) is 2. The second-order valence-corrected chi connectivity index (χ2v) is 4.98. The summed E-state index contributed by atoms with van der Waals surface area (Å²) < 4.78 is 0. The van der Waals surface area contributed by atoms with E-state index in [-0.39, 0.29) is 12.0 Å². The summed E-state index contributed by atoms with van der Waals surface area (Å²) in [7, 11) is 1.98. The molecule has 0 saturated carbocycles. The fourth-order valence-electron chi connectivity index (χ4n) is 1.73. The smallest absolute Gasteiger partial charge is 0.0558 e. The lowest BCUT2D eigenvalue weighted by molar-refractivity contribution is 0.116. The SMILES string of the molecule is CNCC(C)(C)CN(CCO)C(C)C. The molecule has 0 aliphatic carbocycles. The van der Waals surface area contributed by atoms with E-state index in [2.05, 4.69) is 37.9 Å². The summed E-state index contributed by atoms with van der Waals surface area (Å²) in [4.78, 5) is 2.32. The monoisotopic (exact) mass is 202 g/mol. The van der Waals surface area contributed by atoms with Gasteiger partial charge in [0.25, 0.3) is 0 Å². The third-order valence-corrected chi connectivity index (χ3v) is 2.40. The average molecular weight is 202 g/mol. The summed E-state index contributed by atoms with van der Waals surface area (Å²) in [6, 6.07) is 0.498. The van der Waals surface area contributed by atoms with E-state index in [1.807, 2.05) is 7.05 Å². The Balaban J connectivity index is 4.13. The molecule has 0 rings (SSSR count). The molecule has 2 N–H and O–H groups in total. The number of aliphatic hydroxyl groups is 1. The van der Waals surface area contributed by atoms with E-state index in [1.54, 1.807) is 0 Å². The van der Waals surface area contributed by atoms with Gasteiger partial charge in [0, 0.05) is 25.7 Å². The molecule has 0 bridgehead atoms. The molecule has 86 valence electrons. The van der Waals surface area contributed by atoms with Gasteiger partial charge in [-0.05, 0) is 26.3 Å². The number of hydrogen-bond acceptors (Lipinski definition) is 3. The average Bonchev–Trinajstić information content (AvgIpc) is 2.02. The second kappa shape index (κ2) is 6.38. The maximum absolute atomic E-state index is 8.96. The molecule has 0 amide bonds. The highest BCUT2D eigenvalue weighted by Crippen LogP contribution is 2.16. The lowest BCUT2D eigenvalue weighted by Gasteiger charge is -2.34. The van der Waals surface area contributed by atoms with Crippen LogP contribution in [0.5, 0.6) is 0 Å². The summed E-state index contributed by atoms with van der Waals surface area (Å²) in [6.45, 7) is 11.9. The minimum atomic E-state index is 0.244. The van der Waals surface area contributed by atoms with Gasteiger partial charge in [0.1, 0.15) is 0 Å². The number of nitrogens with one attached hydrogen (secondary N) is 1. The van der Waals surface area contributed by atoms with Gasteiger partial charge in [-0.25, -0.2) is 0 Å².